The van der Waals surface area contributed by atoms with E-state index in [9.17, 15) is 9.90 Å². The monoisotopic (exact) mass is 803 g/mol. The topological polar surface area (TPSA) is 50.2 Å². The zero-order chi connectivity index (χ0) is 32.8. The van der Waals surface area contributed by atoms with Gasteiger partial charge in [-0.1, -0.05) is 80.5 Å². The molecular formula is C40H52IrNO2S-. The van der Waals surface area contributed by atoms with E-state index in [1.807, 2.05) is 45.2 Å². The molecule has 0 bridgehead atoms. The predicted molar refractivity (Wildman–Crippen MR) is 191 cm³/mol. The molecule has 0 amide bonds. The van der Waals surface area contributed by atoms with Crippen LogP contribution in [0, 0.1) is 45.6 Å². The maximum absolute atomic E-state index is 11.7. The van der Waals surface area contributed by atoms with E-state index >= 15 is 0 Å². The van der Waals surface area contributed by atoms with Crippen molar-refractivity contribution in [3.05, 3.63) is 88.3 Å². The number of pyridine rings is 1. The van der Waals surface area contributed by atoms with Gasteiger partial charge in [0, 0.05) is 59.2 Å². The third-order valence-electron chi connectivity index (χ3n) is 8.55. The average molecular weight is 803 g/mol. The summed E-state index contributed by atoms with van der Waals surface area (Å²) in [5, 5.41) is 11.0. The number of carbonyl (C=O) groups excluding carboxylic acids is 1. The number of thiophene rings is 1. The number of hydrogen-bond acceptors (Lipinski definition) is 4. The first-order valence-corrected chi connectivity index (χ1v) is 17.0. The third kappa shape index (κ3) is 9.95. The van der Waals surface area contributed by atoms with Gasteiger partial charge >= 0.3 is 0 Å². The molecule has 0 aliphatic carbocycles. The van der Waals surface area contributed by atoms with Crippen LogP contribution in [-0.4, -0.2) is 15.9 Å². The van der Waals surface area contributed by atoms with Crippen LogP contribution >= 0.6 is 11.3 Å². The Bertz CT molecular complexity index is 1570. The van der Waals surface area contributed by atoms with Gasteiger partial charge < -0.3 is 10.1 Å². The fourth-order valence-corrected chi connectivity index (χ4v) is 7.05. The van der Waals surface area contributed by atoms with Crippen LogP contribution in [0.5, 0.6) is 0 Å². The fourth-order valence-electron chi connectivity index (χ4n) is 5.80. The zero-order valence-electron chi connectivity index (χ0n) is 29.1. The quantitative estimate of drug-likeness (QED) is 0.104. The molecule has 45 heavy (non-hydrogen) atoms. The molecule has 245 valence electrons. The number of hydrogen-bond donors (Lipinski definition) is 1. The van der Waals surface area contributed by atoms with E-state index in [0.717, 1.165) is 42.5 Å². The van der Waals surface area contributed by atoms with Gasteiger partial charge in [0.15, 0.2) is 5.78 Å². The smallest absolute Gasteiger partial charge is 0.162 e. The summed E-state index contributed by atoms with van der Waals surface area (Å²) in [5.74, 6) is 0.547. The molecule has 3 nitrogen and oxygen atoms in total. The molecule has 2 aromatic carbocycles. The molecular weight excluding hydrogens is 751 g/mol. The van der Waals surface area contributed by atoms with Crippen molar-refractivity contribution in [1.29, 1.82) is 0 Å². The van der Waals surface area contributed by atoms with E-state index in [1.165, 1.54) is 48.9 Å². The van der Waals surface area contributed by atoms with Gasteiger partial charge in [-0.05, 0) is 79.0 Å². The Labute approximate surface area is 290 Å². The van der Waals surface area contributed by atoms with E-state index < -0.39 is 0 Å². The number of rotatable bonds is 9. The van der Waals surface area contributed by atoms with Crippen molar-refractivity contribution in [3.63, 3.8) is 0 Å². The van der Waals surface area contributed by atoms with Crippen molar-refractivity contribution in [3.8, 4) is 21.7 Å². The number of aromatic nitrogens is 1. The molecule has 0 unspecified atom stereocenters. The van der Waals surface area contributed by atoms with Gasteiger partial charge in [-0.3, -0.25) is 4.79 Å². The summed E-state index contributed by atoms with van der Waals surface area (Å²) in [5.41, 5.74) is 10.1. The fraction of sp³-hybridized carbons (Fsp3) is 0.450. The van der Waals surface area contributed by atoms with Crippen molar-refractivity contribution in [2.45, 2.75) is 107 Å². The number of aliphatic hydroxyl groups excluding tert-OH is 1. The summed E-state index contributed by atoms with van der Waals surface area (Å²) in [4.78, 5) is 17.8. The van der Waals surface area contributed by atoms with Crippen molar-refractivity contribution < 1.29 is 30.0 Å². The van der Waals surface area contributed by atoms with Crippen LogP contribution in [0.3, 0.4) is 0 Å². The van der Waals surface area contributed by atoms with Gasteiger partial charge in [0.1, 0.15) is 0 Å². The number of allylic oxidation sites excluding steroid dienone is 2. The van der Waals surface area contributed by atoms with Crippen LogP contribution in [0.1, 0.15) is 102 Å². The zero-order valence-corrected chi connectivity index (χ0v) is 32.4. The van der Waals surface area contributed by atoms with Crippen LogP contribution in [0.15, 0.2) is 54.4 Å². The summed E-state index contributed by atoms with van der Waals surface area (Å²) < 4.78 is 1.27. The van der Waals surface area contributed by atoms with Gasteiger partial charge in [-0.25, -0.2) is 0 Å². The van der Waals surface area contributed by atoms with Crippen LogP contribution < -0.4 is 0 Å². The van der Waals surface area contributed by atoms with Gasteiger partial charge in [0.05, 0.1) is 5.76 Å². The van der Waals surface area contributed by atoms with Crippen LogP contribution in [0.4, 0.5) is 0 Å². The van der Waals surface area contributed by atoms with Gasteiger partial charge in [-0.15, -0.1) is 46.2 Å². The molecule has 0 aliphatic rings. The first-order valence-electron chi connectivity index (χ1n) is 16.2. The molecule has 4 aromatic rings. The Morgan fingerprint density at radius 3 is 1.98 bits per heavy atom. The first-order chi connectivity index (χ1) is 20.7. The van der Waals surface area contributed by atoms with E-state index in [4.69, 9.17) is 4.98 Å². The number of nitrogens with zero attached hydrogens (tertiary/aromatic N) is 1. The Morgan fingerprint density at radius 2 is 1.47 bits per heavy atom. The Kier molecular flexibility index (Phi) is 14.4. The predicted octanol–water partition coefficient (Wildman–Crippen LogP) is 11.8. The average Bonchev–Trinajstić information content (AvgIpc) is 3.36. The molecule has 5 heteroatoms. The minimum Gasteiger partial charge on any atom is -0.512 e. The first kappa shape index (κ1) is 38.6. The minimum absolute atomic E-state index is 0. The molecule has 0 atom stereocenters. The van der Waals surface area contributed by atoms with Crippen molar-refractivity contribution in [2.75, 3.05) is 0 Å². The molecule has 0 spiro atoms. The standard InChI is InChI=1S/C27H28NS.C13H24O2.Ir/c1-16-8-17(2)10-20(9-16)23-14-24-21(15-28-23)13-25(29-24)26-18(3)11-22(12-19(26)4)27(5,6)7;1-5-10(6-2)12(14)9-13(15)11(7-3)8-4;/h8-9,11-15H,1-7H3;9-11,14H,5-8H2,1-4H3;/q-1;;/b;12-9-;. The van der Waals surface area contributed by atoms with Crippen LogP contribution in [-0.2, 0) is 30.3 Å². The number of fused-ring (bicyclic) bond motifs is 1. The van der Waals surface area contributed by atoms with E-state index in [2.05, 4.69) is 90.9 Å². The summed E-state index contributed by atoms with van der Waals surface area (Å²) in [6, 6.07) is 17.0. The molecule has 2 heterocycles. The minimum atomic E-state index is 0. The van der Waals surface area contributed by atoms with Gasteiger partial charge in [0.2, 0.25) is 0 Å². The Hall–Kier alpha value is -2.59. The molecule has 1 N–H and O–H groups in total. The summed E-state index contributed by atoms with van der Waals surface area (Å²) in [7, 11) is 0. The third-order valence-corrected chi connectivity index (χ3v) is 9.67. The number of ketones is 1. The van der Waals surface area contributed by atoms with Crippen molar-refractivity contribution >= 4 is 27.2 Å². The number of aryl methyl sites for hydroxylation is 4. The van der Waals surface area contributed by atoms with E-state index in [0.29, 0.717) is 0 Å². The number of carbonyl (C=O) groups is 1. The van der Waals surface area contributed by atoms with Gasteiger partial charge in [0.25, 0.3) is 0 Å². The Morgan fingerprint density at radius 1 is 0.889 bits per heavy atom. The second kappa shape index (κ2) is 16.8. The van der Waals surface area contributed by atoms with Crippen molar-refractivity contribution in [2.24, 2.45) is 11.8 Å². The summed E-state index contributed by atoms with van der Waals surface area (Å²) >= 11 is 1.86. The molecule has 1 radical (unpaired) electrons. The van der Waals surface area contributed by atoms with E-state index in [-0.39, 0.29) is 48.9 Å². The number of benzene rings is 2. The molecule has 0 saturated heterocycles. The summed E-state index contributed by atoms with van der Waals surface area (Å²) in [6.45, 7) is 23.6. The maximum Gasteiger partial charge on any atom is 0.162 e. The molecule has 4 rings (SSSR count). The molecule has 0 fully saturated rings. The maximum atomic E-state index is 11.7. The van der Waals surface area contributed by atoms with Gasteiger partial charge in [-0.2, -0.15) is 0 Å². The summed E-state index contributed by atoms with van der Waals surface area (Å²) in [6.07, 6.45) is 6.91. The van der Waals surface area contributed by atoms with Crippen LogP contribution in [0.25, 0.3) is 31.8 Å². The van der Waals surface area contributed by atoms with Crippen molar-refractivity contribution in [1.82, 2.24) is 4.98 Å². The Balaban J connectivity index is 0.000000378. The molecule has 0 aliphatic heterocycles. The van der Waals surface area contributed by atoms with E-state index in [1.54, 1.807) is 0 Å². The van der Waals surface area contributed by atoms with Crippen LogP contribution in [0.2, 0.25) is 0 Å². The normalized spacial score (nSPS) is 11.9. The molecule has 2 aromatic heterocycles. The SMILES string of the molecule is CCC(CC)C(=O)/C=C(\O)C(CC)CC.Cc1[c-]c(-c2cc3sc(-c4c(C)cc(C(C)(C)C)cc4C)cc3cn2)cc(C)c1.[Ir]. The second-order valence-electron chi connectivity index (χ2n) is 13.2. The second-order valence-corrected chi connectivity index (χ2v) is 14.3. The largest absolute Gasteiger partial charge is 0.512 e. The molecule has 0 saturated carbocycles. The number of aliphatic hydroxyl groups is 1.